The molecular weight excluding hydrogens is 208 g/mol. The average molecular weight is 234 g/mol. The Labute approximate surface area is 106 Å². The SMILES string of the molecule is CN(C)c1ccc(C(N)CCC(C)(C)C)cc1. The van der Waals surface area contributed by atoms with Crippen LogP contribution in [0.1, 0.15) is 45.2 Å². The Hall–Kier alpha value is -1.02. The minimum absolute atomic E-state index is 0.158. The third kappa shape index (κ3) is 4.78. The summed E-state index contributed by atoms with van der Waals surface area (Å²) in [6.45, 7) is 6.78. The van der Waals surface area contributed by atoms with Gasteiger partial charge in [0, 0.05) is 25.8 Å². The van der Waals surface area contributed by atoms with E-state index >= 15 is 0 Å². The summed E-state index contributed by atoms with van der Waals surface area (Å²) in [5, 5.41) is 0. The molecule has 0 bridgehead atoms. The van der Waals surface area contributed by atoms with Crippen molar-refractivity contribution < 1.29 is 0 Å². The van der Waals surface area contributed by atoms with E-state index in [1.54, 1.807) is 0 Å². The predicted molar refractivity (Wildman–Crippen MR) is 76.4 cm³/mol. The molecule has 0 fully saturated rings. The summed E-state index contributed by atoms with van der Waals surface area (Å²) < 4.78 is 0. The Kier molecular flexibility index (Phi) is 4.58. The van der Waals surface area contributed by atoms with E-state index in [2.05, 4.69) is 64.0 Å². The van der Waals surface area contributed by atoms with Gasteiger partial charge >= 0.3 is 0 Å². The van der Waals surface area contributed by atoms with Gasteiger partial charge in [-0.3, -0.25) is 0 Å². The van der Waals surface area contributed by atoms with Crippen LogP contribution in [0, 0.1) is 5.41 Å². The Morgan fingerprint density at radius 1 is 1.12 bits per heavy atom. The third-order valence-electron chi connectivity index (χ3n) is 3.04. The fourth-order valence-corrected chi connectivity index (χ4v) is 1.77. The molecule has 2 N–H and O–H groups in total. The van der Waals surface area contributed by atoms with E-state index in [4.69, 9.17) is 5.73 Å². The maximum Gasteiger partial charge on any atom is 0.0361 e. The highest BCUT2D eigenvalue weighted by molar-refractivity contribution is 5.46. The second-order valence-corrected chi connectivity index (χ2v) is 6.19. The minimum atomic E-state index is 0.158. The summed E-state index contributed by atoms with van der Waals surface area (Å²) in [4.78, 5) is 2.10. The highest BCUT2D eigenvalue weighted by Crippen LogP contribution is 2.26. The van der Waals surface area contributed by atoms with Crippen LogP contribution in [-0.4, -0.2) is 14.1 Å². The smallest absolute Gasteiger partial charge is 0.0361 e. The van der Waals surface area contributed by atoms with Crippen LogP contribution in [0.3, 0.4) is 0 Å². The van der Waals surface area contributed by atoms with Gasteiger partial charge in [-0.2, -0.15) is 0 Å². The number of nitrogens with two attached hydrogens (primary N) is 1. The fourth-order valence-electron chi connectivity index (χ4n) is 1.77. The second kappa shape index (κ2) is 5.54. The van der Waals surface area contributed by atoms with Crippen molar-refractivity contribution in [3.63, 3.8) is 0 Å². The van der Waals surface area contributed by atoms with Crippen molar-refractivity contribution in [1.82, 2.24) is 0 Å². The molecule has 1 unspecified atom stereocenters. The lowest BCUT2D eigenvalue weighted by molar-refractivity contribution is 0.350. The van der Waals surface area contributed by atoms with Crippen molar-refractivity contribution in [2.45, 2.75) is 39.7 Å². The quantitative estimate of drug-likeness (QED) is 0.863. The first-order valence-corrected chi connectivity index (χ1v) is 6.32. The molecule has 0 aliphatic carbocycles. The van der Waals surface area contributed by atoms with Gasteiger partial charge in [0.1, 0.15) is 0 Å². The van der Waals surface area contributed by atoms with Crippen LogP contribution in [0.15, 0.2) is 24.3 Å². The number of hydrogen-bond donors (Lipinski definition) is 1. The molecular formula is C15H26N2. The zero-order valence-corrected chi connectivity index (χ0v) is 11.8. The molecule has 1 aromatic rings. The Morgan fingerprint density at radius 2 is 1.65 bits per heavy atom. The lowest BCUT2D eigenvalue weighted by Crippen LogP contribution is -2.15. The maximum absolute atomic E-state index is 6.21. The van der Waals surface area contributed by atoms with Gasteiger partial charge in [-0.25, -0.2) is 0 Å². The van der Waals surface area contributed by atoms with Crippen molar-refractivity contribution in [3.05, 3.63) is 29.8 Å². The molecule has 0 aliphatic rings. The number of hydrogen-bond acceptors (Lipinski definition) is 2. The molecule has 17 heavy (non-hydrogen) atoms. The molecule has 0 radical (unpaired) electrons. The van der Waals surface area contributed by atoms with Crippen molar-refractivity contribution in [3.8, 4) is 0 Å². The summed E-state index contributed by atoms with van der Waals surface area (Å²) in [7, 11) is 4.10. The molecule has 1 rings (SSSR count). The molecule has 0 saturated carbocycles. The molecule has 0 saturated heterocycles. The van der Waals surface area contributed by atoms with E-state index in [0.29, 0.717) is 5.41 Å². The normalized spacial score (nSPS) is 13.5. The zero-order valence-electron chi connectivity index (χ0n) is 11.8. The van der Waals surface area contributed by atoms with Gasteiger partial charge in [-0.15, -0.1) is 0 Å². The molecule has 1 aromatic carbocycles. The highest BCUT2D eigenvalue weighted by atomic mass is 15.1. The van der Waals surface area contributed by atoms with Crippen molar-refractivity contribution >= 4 is 5.69 Å². The summed E-state index contributed by atoms with van der Waals surface area (Å²) in [6.07, 6.45) is 2.20. The molecule has 0 amide bonds. The Balaban J connectivity index is 2.60. The summed E-state index contributed by atoms with van der Waals surface area (Å²) in [5.74, 6) is 0. The molecule has 0 aliphatic heterocycles. The maximum atomic E-state index is 6.21. The number of anilines is 1. The molecule has 2 nitrogen and oxygen atoms in total. The Bertz CT molecular complexity index is 333. The lowest BCUT2D eigenvalue weighted by atomic mass is 9.87. The monoisotopic (exact) mass is 234 g/mol. The van der Waals surface area contributed by atoms with Gasteiger partial charge in [0.2, 0.25) is 0 Å². The van der Waals surface area contributed by atoms with E-state index in [1.807, 2.05) is 0 Å². The first-order chi connectivity index (χ1) is 7.79. The van der Waals surface area contributed by atoms with Gasteiger partial charge in [-0.1, -0.05) is 32.9 Å². The molecule has 1 atom stereocenters. The summed E-state index contributed by atoms with van der Waals surface area (Å²) in [5.41, 5.74) is 9.03. The first kappa shape index (κ1) is 14.0. The molecule has 0 heterocycles. The Morgan fingerprint density at radius 3 is 2.06 bits per heavy atom. The van der Waals surface area contributed by atoms with Crippen molar-refractivity contribution in [1.29, 1.82) is 0 Å². The zero-order chi connectivity index (χ0) is 13.1. The van der Waals surface area contributed by atoms with Crippen LogP contribution in [0.25, 0.3) is 0 Å². The van der Waals surface area contributed by atoms with E-state index in [-0.39, 0.29) is 6.04 Å². The minimum Gasteiger partial charge on any atom is -0.378 e. The first-order valence-electron chi connectivity index (χ1n) is 6.32. The number of nitrogens with zero attached hydrogens (tertiary/aromatic N) is 1. The van der Waals surface area contributed by atoms with Crippen molar-refractivity contribution in [2.24, 2.45) is 11.1 Å². The number of rotatable bonds is 4. The topological polar surface area (TPSA) is 29.3 Å². The van der Waals surface area contributed by atoms with Gasteiger partial charge in [0.05, 0.1) is 0 Å². The number of benzene rings is 1. The van der Waals surface area contributed by atoms with Gasteiger partial charge < -0.3 is 10.6 Å². The molecule has 0 spiro atoms. The van der Waals surface area contributed by atoms with Crippen LogP contribution in [0.5, 0.6) is 0 Å². The molecule has 96 valence electrons. The van der Waals surface area contributed by atoms with E-state index in [1.165, 1.54) is 11.3 Å². The summed E-state index contributed by atoms with van der Waals surface area (Å²) >= 11 is 0. The van der Waals surface area contributed by atoms with Crippen molar-refractivity contribution in [2.75, 3.05) is 19.0 Å². The highest BCUT2D eigenvalue weighted by Gasteiger charge is 2.13. The molecule has 2 heteroatoms. The van der Waals surface area contributed by atoms with Gasteiger partial charge in [0.15, 0.2) is 0 Å². The van der Waals surface area contributed by atoms with Gasteiger partial charge in [-0.05, 0) is 36.0 Å². The van der Waals surface area contributed by atoms with E-state index < -0.39 is 0 Å². The standard InChI is InChI=1S/C15H26N2/c1-15(2,3)11-10-14(16)12-6-8-13(9-7-12)17(4)5/h6-9,14H,10-11,16H2,1-5H3. The lowest BCUT2D eigenvalue weighted by Gasteiger charge is -2.21. The van der Waals surface area contributed by atoms with E-state index in [9.17, 15) is 0 Å². The van der Waals surface area contributed by atoms with Gasteiger partial charge in [0.25, 0.3) is 0 Å². The average Bonchev–Trinajstić information content (AvgIpc) is 2.25. The summed E-state index contributed by atoms with van der Waals surface area (Å²) in [6, 6.07) is 8.70. The molecule has 0 aromatic heterocycles. The van der Waals surface area contributed by atoms with Crippen LogP contribution in [0.2, 0.25) is 0 Å². The fraction of sp³-hybridized carbons (Fsp3) is 0.600. The third-order valence-corrected chi connectivity index (χ3v) is 3.04. The van der Waals surface area contributed by atoms with Crippen LogP contribution < -0.4 is 10.6 Å². The van der Waals surface area contributed by atoms with Crippen LogP contribution >= 0.6 is 0 Å². The van der Waals surface area contributed by atoms with Crippen LogP contribution in [-0.2, 0) is 0 Å². The largest absolute Gasteiger partial charge is 0.378 e. The van der Waals surface area contributed by atoms with E-state index in [0.717, 1.165) is 12.8 Å². The van der Waals surface area contributed by atoms with Crippen LogP contribution in [0.4, 0.5) is 5.69 Å². The second-order valence-electron chi connectivity index (χ2n) is 6.19. The predicted octanol–water partition coefficient (Wildman–Crippen LogP) is 3.58.